The molecule has 0 heterocycles. The molecule has 1 rings (SSSR count). The number of amides is 2. The lowest BCUT2D eigenvalue weighted by Gasteiger charge is -2.18. The van der Waals surface area contributed by atoms with E-state index in [1.807, 2.05) is 0 Å². The summed E-state index contributed by atoms with van der Waals surface area (Å²) in [4.78, 5) is 21.9. The van der Waals surface area contributed by atoms with E-state index < -0.39 is 0 Å². The van der Waals surface area contributed by atoms with Crippen LogP contribution in [0.4, 0.5) is 0 Å². The van der Waals surface area contributed by atoms with Crippen LogP contribution in [-0.2, 0) is 9.59 Å². The molecule has 0 aromatic carbocycles. The Bertz CT molecular complexity index is 243. The summed E-state index contributed by atoms with van der Waals surface area (Å²) < 4.78 is 0. The van der Waals surface area contributed by atoms with Gasteiger partial charge in [0, 0.05) is 25.5 Å². The Balaban J connectivity index is 2.27. The largest absolute Gasteiger partial charge is 0.396 e. The molecule has 0 aromatic rings. The summed E-state index contributed by atoms with van der Waals surface area (Å²) in [6.07, 6.45) is 2.91. The van der Waals surface area contributed by atoms with Gasteiger partial charge in [-0.25, -0.2) is 0 Å². The van der Waals surface area contributed by atoms with Gasteiger partial charge in [-0.05, 0) is 12.8 Å². The highest BCUT2D eigenvalue weighted by Crippen LogP contribution is 2.24. The minimum atomic E-state index is -0.213. The Kier molecular flexibility index (Phi) is 4.55. The maximum Gasteiger partial charge on any atom is 0.239 e. The first-order chi connectivity index (χ1) is 7.13. The molecule has 15 heavy (non-hydrogen) atoms. The van der Waals surface area contributed by atoms with Crippen LogP contribution in [0.2, 0.25) is 0 Å². The molecule has 5 nitrogen and oxygen atoms in total. The van der Waals surface area contributed by atoms with Gasteiger partial charge < -0.3 is 15.7 Å². The average molecular weight is 214 g/mol. The van der Waals surface area contributed by atoms with E-state index in [1.165, 1.54) is 6.92 Å². The zero-order valence-electron chi connectivity index (χ0n) is 8.95. The van der Waals surface area contributed by atoms with Crippen LogP contribution in [0.25, 0.3) is 0 Å². The van der Waals surface area contributed by atoms with E-state index in [0.717, 1.165) is 19.3 Å². The highest BCUT2D eigenvalue weighted by molar-refractivity contribution is 5.83. The SMILES string of the molecule is CC(=O)NCC(=O)NC1CCCC1CO. The van der Waals surface area contributed by atoms with E-state index in [0.29, 0.717) is 0 Å². The minimum absolute atomic E-state index is 0.0178. The van der Waals surface area contributed by atoms with Gasteiger partial charge in [0.1, 0.15) is 0 Å². The van der Waals surface area contributed by atoms with E-state index in [4.69, 9.17) is 5.11 Å². The molecule has 1 aliphatic rings. The minimum Gasteiger partial charge on any atom is -0.396 e. The number of carbonyl (C=O) groups excluding carboxylic acids is 2. The monoisotopic (exact) mass is 214 g/mol. The molecule has 0 aromatic heterocycles. The highest BCUT2D eigenvalue weighted by Gasteiger charge is 2.27. The molecule has 1 aliphatic carbocycles. The molecule has 86 valence electrons. The fourth-order valence-electron chi connectivity index (χ4n) is 1.91. The van der Waals surface area contributed by atoms with Gasteiger partial charge >= 0.3 is 0 Å². The Morgan fingerprint density at radius 2 is 2.13 bits per heavy atom. The Hall–Kier alpha value is -1.10. The molecule has 1 fully saturated rings. The third kappa shape index (κ3) is 3.87. The van der Waals surface area contributed by atoms with Crippen LogP contribution in [0.15, 0.2) is 0 Å². The Morgan fingerprint density at radius 1 is 1.40 bits per heavy atom. The van der Waals surface area contributed by atoms with Gasteiger partial charge in [0.2, 0.25) is 11.8 Å². The summed E-state index contributed by atoms with van der Waals surface area (Å²) in [6.45, 7) is 1.51. The van der Waals surface area contributed by atoms with Gasteiger partial charge in [0.05, 0.1) is 6.54 Å². The number of hydrogen-bond donors (Lipinski definition) is 3. The fraction of sp³-hybridized carbons (Fsp3) is 0.800. The van der Waals surface area contributed by atoms with Crippen LogP contribution < -0.4 is 10.6 Å². The van der Waals surface area contributed by atoms with E-state index >= 15 is 0 Å². The third-order valence-corrected chi connectivity index (χ3v) is 2.74. The van der Waals surface area contributed by atoms with Gasteiger partial charge in [0.25, 0.3) is 0 Å². The first-order valence-electron chi connectivity index (χ1n) is 5.28. The summed E-state index contributed by atoms with van der Waals surface area (Å²) in [5.74, 6) is -0.225. The van der Waals surface area contributed by atoms with Crippen LogP contribution >= 0.6 is 0 Å². The molecule has 0 saturated heterocycles. The van der Waals surface area contributed by atoms with Gasteiger partial charge in [-0.3, -0.25) is 9.59 Å². The third-order valence-electron chi connectivity index (χ3n) is 2.74. The highest BCUT2D eigenvalue weighted by atomic mass is 16.3. The molecule has 2 amide bonds. The second kappa shape index (κ2) is 5.70. The van der Waals surface area contributed by atoms with Crippen molar-refractivity contribution in [2.24, 2.45) is 5.92 Å². The van der Waals surface area contributed by atoms with E-state index in [9.17, 15) is 9.59 Å². The Morgan fingerprint density at radius 3 is 2.73 bits per heavy atom. The number of aliphatic hydroxyl groups is 1. The second-order valence-corrected chi connectivity index (χ2v) is 3.96. The molecule has 2 unspecified atom stereocenters. The molecular formula is C10H18N2O3. The van der Waals surface area contributed by atoms with Crippen molar-refractivity contribution in [1.82, 2.24) is 10.6 Å². The predicted octanol–water partition coefficient (Wildman–Crippen LogP) is -0.600. The van der Waals surface area contributed by atoms with E-state index in [1.54, 1.807) is 0 Å². The van der Waals surface area contributed by atoms with Crippen LogP contribution in [0, 0.1) is 5.92 Å². The molecule has 2 atom stereocenters. The number of aliphatic hydroxyl groups excluding tert-OH is 1. The summed E-state index contributed by atoms with van der Waals surface area (Å²) in [6, 6.07) is 0.0660. The summed E-state index contributed by atoms with van der Waals surface area (Å²) in [5.41, 5.74) is 0. The summed E-state index contributed by atoms with van der Waals surface area (Å²) >= 11 is 0. The normalized spacial score (nSPS) is 24.9. The molecule has 0 bridgehead atoms. The van der Waals surface area contributed by atoms with Crippen molar-refractivity contribution in [2.45, 2.75) is 32.2 Å². The number of nitrogens with one attached hydrogen (secondary N) is 2. The van der Waals surface area contributed by atoms with Crippen molar-refractivity contribution in [3.05, 3.63) is 0 Å². The van der Waals surface area contributed by atoms with Crippen molar-refractivity contribution < 1.29 is 14.7 Å². The van der Waals surface area contributed by atoms with Crippen LogP contribution in [0.3, 0.4) is 0 Å². The standard InChI is InChI=1S/C10H18N2O3/c1-7(14)11-5-10(15)12-9-4-2-3-8(9)6-13/h8-9,13H,2-6H2,1H3,(H,11,14)(H,12,15). The second-order valence-electron chi connectivity index (χ2n) is 3.96. The molecular weight excluding hydrogens is 196 g/mol. The lowest BCUT2D eigenvalue weighted by Crippen LogP contribution is -2.43. The first kappa shape index (κ1) is 12.0. The lowest BCUT2D eigenvalue weighted by molar-refractivity contribution is -0.125. The van der Waals surface area contributed by atoms with Crippen LogP contribution in [0.5, 0.6) is 0 Å². The zero-order valence-corrected chi connectivity index (χ0v) is 8.95. The van der Waals surface area contributed by atoms with Gasteiger partial charge in [0.15, 0.2) is 0 Å². The fourth-order valence-corrected chi connectivity index (χ4v) is 1.91. The van der Waals surface area contributed by atoms with Crippen molar-refractivity contribution in [2.75, 3.05) is 13.2 Å². The summed E-state index contributed by atoms with van der Waals surface area (Å²) in [5, 5.41) is 14.3. The topological polar surface area (TPSA) is 78.4 Å². The average Bonchev–Trinajstić information content (AvgIpc) is 2.62. The molecule has 5 heteroatoms. The van der Waals surface area contributed by atoms with Crippen molar-refractivity contribution in [3.63, 3.8) is 0 Å². The predicted molar refractivity (Wildman–Crippen MR) is 55.0 cm³/mol. The number of hydrogen-bond acceptors (Lipinski definition) is 3. The number of carbonyl (C=O) groups is 2. The van der Waals surface area contributed by atoms with Gasteiger partial charge in [-0.15, -0.1) is 0 Å². The smallest absolute Gasteiger partial charge is 0.239 e. The van der Waals surface area contributed by atoms with Crippen LogP contribution in [0.1, 0.15) is 26.2 Å². The maximum absolute atomic E-state index is 11.4. The molecule has 0 aliphatic heterocycles. The van der Waals surface area contributed by atoms with E-state index in [2.05, 4.69) is 10.6 Å². The molecule has 1 saturated carbocycles. The van der Waals surface area contributed by atoms with Gasteiger partial charge in [-0.2, -0.15) is 0 Å². The molecule has 0 radical (unpaired) electrons. The maximum atomic E-state index is 11.4. The summed E-state index contributed by atoms with van der Waals surface area (Å²) in [7, 11) is 0. The Labute approximate surface area is 89.2 Å². The molecule has 3 N–H and O–H groups in total. The lowest BCUT2D eigenvalue weighted by atomic mass is 10.1. The molecule has 0 spiro atoms. The zero-order chi connectivity index (χ0) is 11.3. The quantitative estimate of drug-likeness (QED) is 0.584. The van der Waals surface area contributed by atoms with Crippen molar-refractivity contribution in [3.8, 4) is 0 Å². The van der Waals surface area contributed by atoms with E-state index in [-0.39, 0.29) is 36.9 Å². The number of rotatable bonds is 4. The van der Waals surface area contributed by atoms with Crippen molar-refractivity contribution in [1.29, 1.82) is 0 Å². The van der Waals surface area contributed by atoms with Gasteiger partial charge in [-0.1, -0.05) is 6.42 Å². The van der Waals surface area contributed by atoms with Crippen LogP contribution in [-0.4, -0.2) is 36.1 Å². The van der Waals surface area contributed by atoms with Crippen molar-refractivity contribution >= 4 is 11.8 Å². The first-order valence-corrected chi connectivity index (χ1v) is 5.28.